The first-order chi connectivity index (χ1) is 10.9. The number of aliphatic carboxylic acids is 1. The number of carbonyl (C=O) groups is 3. The van der Waals surface area contributed by atoms with Crippen molar-refractivity contribution in [1.29, 1.82) is 0 Å². The van der Waals surface area contributed by atoms with Crippen LogP contribution >= 0.6 is 0 Å². The van der Waals surface area contributed by atoms with Crippen LogP contribution < -0.4 is 10.6 Å². The summed E-state index contributed by atoms with van der Waals surface area (Å²) in [5.74, 6) is -1.09. The van der Waals surface area contributed by atoms with E-state index in [1.165, 1.54) is 11.9 Å². The number of amides is 3. The number of nitrogens with zero attached hydrogens (tertiary/aromatic N) is 1. The fourth-order valence-electron chi connectivity index (χ4n) is 1.84. The van der Waals surface area contributed by atoms with Crippen LogP contribution in [0.4, 0.5) is 4.79 Å². The van der Waals surface area contributed by atoms with Crippen molar-refractivity contribution in [2.75, 3.05) is 20.1 Å². The predicted molar refractivity (Wildman–Crippen MR) is 86.2 cm³/mol. The van der Waals surface area contributed by atoms with Crippen LogP contribution in [0.5, 0.6) is 0 Å². The largest absolute Gasteiger partial charge is 0.481 e. The zero-order valence-electron chi connectivity index (χ0n) is 13.5. The van der Waals surface area contributed by atoms with E-state index in [1.807, 2.05) is 13.0 Å². The van der Waals surface area contributed by atoms with E-state index in [4.69, 9.17) is 5.11 Å². The number of carboxylic acid groups (broad SMARTS) is 1. The molecule has 0 saturated carbocycles. The zero-order chi connectivity index (χ0) is 17.2. The van der Waals surface area contributed by atoms with Gasteiger partial charge in [-0.25, -0.2) is 4.79 Å². The highest BCUT2D eigenvalue weighted by Gasteiger charge is 2.10. The minimum Gasteiger partial charge on any atom is -0.481 e. The van der Waals surface area contributed by atoms with Gasteiger partial charge in [0.15, 0.2) is 0 Å². The van der Waals surface area contributed by atoms with Gasteiger partial charge in [-0.1, -0.05) is 19.1 Å². The molecule has 0 aromatic heterocycles. The summed E-state index contributed by atoms with van der Waals surface area (Å²) in [5, 5.41) is 14.1. The van der Waals surface area contributed by atoms with Crippen molar-refractivity contribution in [3.05, 3.63) is 35.4 Å². The maximum absolute atomic E-state index is 11.9. The second-order valence-electron chi connectivity index (χ2n) is 5.18. The Labute approximate surface area is 135 Å². The molecule has 1 rings (SSSR count). The summed E-state index contributed by atoms with van der Waals surface area (Å²) in [6.45, 7) is 3.01. The Morgan fingerprint density at radius 3 is 2.61 bits per heavy atom. The third-order valence-corrected chi connectivity index (χ3v) is 3.18. The molecular formula is C16H23N3O4. The topological polar surface area (TPSA) is 98.7 Å². The SMILES string of the molecule is CCCNC(=O)c1cccc(CNC(=O)N(C)CCC(=O)O)c1. The van der Waals surface area contributed by atoms with Crippen molar-refractivity contribution in [3.63, 3.8) is 0 Å². The summed E-state index contributed by atoms with van der Waals surface area (Å²) in [5.41, 5.74) is 1.35. The van der Waals surface area contributed by atoms with Gasteiger partial charge in [-0.15, -0.1) is 0 Å². The minimum absolute atomic E-state index is 0.100. The second kappa shape index (κ2) is 9.45. The van der Waals surface area contributed by atoms with Gasteiger partial charge in [0.1, 0.15) is 0 Å². The highest BCUT2D eigenvalue weighted by molar-refractivity contribution is 5.94. The Hall–Kier alpha value is -2.57. The molecule has 0 aliphatic carbocycles. The lowest BCUT2D eigenvalue weighted by Gasteiger charge is -2.17. The van der Waals surface area contributed by atoms with Gasteiger partial charge in [0, 0.05) is 32.2 Å². The number of nitrogens with one attached hydrogen (secondary N) is 2. The average Bonchev–Trinajstić information content (AvgIpc) is 2.55. The average molecular weight is 321 g/mol. The molecule has 3 N–H and O–H groups in total. The van der Waals surface area contributed by atoms with E-state index >= 15 is 0 Å². The lowest BCUT2D eigenvalue weighted by atomic mass is 10.1. The fraction of sp³-hybridized carbons (Fsp3) is 0.438. The summed E-state index contributed by atoms with van der Waals surface area (Å²) in [4.78, 5) is 35.5. The Morgan fingerprint density at radius 1 is 1.22 bits per heavy atom. The van der Waals surface area contributed by atoms with Crippen molar-refractivity contribution >= 4 is 17.9 Å². The van der Waals surface area contributed by atoms with E-state index in [0.29, 0.717) is 12.1 Å². The van der Waals surface area contributed by atoms with E-state index < -0.39 is 5.97 Å². The lowest BCUT2D eigenvalue weighted by Crippen LogP contribution is -2.38. The van der Waals surface area contributed by atoms with Gasteiger partial charge >= 0.3 is 12.0 Å². The second-order valence-corrected chi connectivity index (χ2v) is 5.18. The van der Waals surface area contributed by atoms with Crippen molar-refractivity contribution in [1.82, 2.24) is 15.5 Å². The Bertz CT molecular complexity index is 560. The minimum atomic E-state index is -0.949. The summed E-state index contributed by atoms with van der Waals surface area (Å²) in [6, 6.07) is 6.66. The van der Waals surface area contributed by atoms with Crippen LogP contribution in [-0.2, 0) is 11.3 Å². The Kier molecular flexibility index (Phi) is 7.59. The molecule has 7 nitrogen and oxygen atoms in total. The molecule has 0 spiro atoms. The van der Waals surface area contributed by atoms with Crippen LogP contribution in [0.2, 0.25) is 0 Å². The summed E-state index contributed by atoms with van der Waals surface area (Å²) in [6.07, 6.45) is 0.765. The molecule has 0 aliphatic heterocycles. The molecule has 126 valence electrons. The first-order valence-electron chi connectivity index (χ1n) is 7.52. The molecular weight excluding hydrogens is 298 g/mol. The molecule has 1 aromatic carbocycles. The predicted octanol–water partition coefficient (Wildman–Crippen LogP) is 1.44. The summed E-state index contributed by atoms with van der Waals surface area (Å²) < 4.78 is 0. The number of carboxylic acids is 1. The molecule has 0 aliphatic rings. The third-order valence-electron chi connectivity index (χ3n) is 3.18. The summed E-state index contributed by atoms with van der Waals surface area (Å²) in [7, 11) is 1.53. The smallest absolute Gasteiger partial charge is 0.317 e. The molecule has 0 unspecified atom stereocenters. The highest BCUT2D eigenvalue weighted by Crippen LogP contribution is 2.05. The zero-order valence-corrected chi connectivity index (χ0v) is 13.5. The molecule has 3 amide bonds. The van der Waals surface area contributed by atoms with Crippen LogP contribution in [0.3, 0.4) is 0 Å². The van der Waals surface area contributed by atoms with Crippen molar-refractivity contribution in [2.24, 2.45) is 0 Å². The van der Waals surface area contributed by atoms with Crippen molar-refractivity contribution in [2.45, 2.75) is 26.3 Å². The molecule has 0 bridgehead atoms. The molecule has 23 heavy (non-hydrogen) atoms. The molecule has 0 atom stereocenters. The quantitative estimate of drug-likeness (QED) is 0.675. The van der Waals surface area contributed by atoms with Gasteiger partial charge in [0.2, 0.25) is 0 Å². The Balaban J connectivity index is 2.52. The fourth-order valence-corrected chi connectivity index (χ4v) is 1.84. The maximum atomic E-state index is 11.9. The van der Waals surface area contributed by atoms with Gasteiger partial charge in [0.25, 0.3) is 5.91 Å². The molecule has 0 saturated heterocycles. The van der Waals surface area contributed by atoms with E-state index in [2.05, 4.69) is 10.6 Å². The third kappa shape index (κ3) is 6.82. The first-order valence-corrected chi connectivity index (χ1v) is 7.52. The number of hydrogen-bond acceptors (Lipinski definition) is 3. The number of urea groups is 1. The van der Waals surface area contributed by atoms with E-state index in [9.17, 15) is 14.4 Å². The van der Waals surface area contributed by atoms with Gasteiger partial charge in [-0.3, -0.25) is 9.59 Å². The lowest BCUT2D eigenvalue weighted by molar-refractivity contribution is -0.137. The number of rotatable bonds is 8. The van der Waals surface area contributed by atoms with Gasteiger partial charge in [0.05, 0.1) is 6.42 Å². The van der Waals surface area contributed by atoms with Crippen molar-refractivity contribution in [3.8, 4) is 0 Å². The van der Waals surface area contributed by atoms with Gasteiger partial charge < -0.3 is 20.6 Å². The van der Waals surface area contributed by atoms with Crippen LogP contribution in [0.15, 0.2) is 24.3 Å². The van der Waals surface area contributed by atoms with Gasteiger partial charge in [-0.2, -0.15) is 0 Å². The van der Waals surface area contributed by atoms with E-state index in [0.717, 1.165) is 12.0 Å². The van der Waals surface area contributed by atoms with Crippen LogP contribution in [0.25, 0.3) is 0 Å². The van der Waals surface area contributed by atoms with Crippen LogP contribution in [-0.4, -0.2) is 48.1 Å². The molecule has 7 heteroatoms. The number of hydrogen-bond donors (Lipinski definition) is 3. The van der Waals surface area contributed by atoms with Gasteiger partial charge in [-0.05, 0) is 24.1 Å². The normalized spacial score (nSPS) is 10.0. The molecule has 0 radical (unpaired) electrons. The highest BCUT2D eigenvalue weighted by atomic mass is 16.4. The standard InChI is InChI=1S/C16H23N3O4/c1-3-8-17-15(22)13-6-4-5-12(10-13)11-18-16(23)19(2)9-7-14(20)21/h4-6,10H,3,7-9,11H2,1-2H3,(H,17,22)(H,18,23)(H,20,21). The summed E-state index contributed by atoms with van der Waals surface area (Å²) >= 11 is 0. The monoisotopic (exact) mass is 321 g/mol. The molecule has 0 fully saturated rings. The number of carbonyl (C=O) groups excluding carboxylic acids is 2. The first kappa shape index (κ1) is 18.5. The Morgan fingerprint density at radius 2 is 1.96 bits per heavy atom. The maximum Gasteiger partial charge on any atom is 0.317 e. The molecule has 0 heterocycles. The molecule has 1 aromatic rings. The van der Waals surface area contributed by atoms with Crippen molar-refractivity contribution < 1.29 is 19.5 Å². The van der Waals surface area contributed by atoms with E-state index in [1.54, 1.807) is 18.2 Å². The van der Waals surface area contributed by atoms with Crippen LogP contribution in [0.1, 0.15) is 35.7 Å². The van der Waals surface area contributed by atoms with E-state index in [-0.39, 0.29) is 31.4 Å². The number of benzene rings is 1. The van der Waals surface area contributed by atoms with Crippen LogP contribution in [0, 0.1) is 0 Å².